The fourth-order valence-corrected chi connectivity index (χ4v) is 5.49. The van der Waals surface area contributed by atoms with Gasteiger partial charge in [-0.15, -0.1) is 0 Å². The summed E-state index contributed by atoms with van der Waals surface area (Å²) < 4.78 is 0. The maximum atomic E-state index is 12.7. The minimum absolute atomic E-state index is 0.0702. The monoisotopic (exact) mass is 388 g/mol. The minimum Gasteiger partial charge on any atom is -0.290 e. The van der Waals surface area contributed by atoms with Gasteiger partial charge in [-0.25, -0.2) is 0 Å². The molecule has 0 atom stereocenters. The normalized spacial score (nSPS) is 18.6. The van der Waals surface area contributed by atoms with Crippen LogP contribution in [0.3, 0.4) is 0 Å². The lowest BCUT2D eigenvalue weighted by Crippen LogP contribution is -2.27. The Kier molecular flexibility index (Phi) is 3.48. The quantitative estimate of drug-likeness (QED) is 0.291. The highest BCUT2D eigenvalue weighted by Gasteiger charge is 2.40. The van der Waals surface area contributed by atoms with Gasteiger partial charge in [-0.05, 0) is 79.4 Å². The van der Waals surface area contributed by atoms with Crippen LogP contribution in [0, 0.1) is 0 Å². The molecule has 0 N–H and O–H groups in total. The first-order valence-corrected chi connectivity index (χ1v) is 10.7. The third-order valence-corrected chi connectivity index (χ3v) is 6.92. The highest BCUT2D eigenvalue weighted by atomic mass is 16.1. The molecule has 0 aliphatic heterocycles. The second-order valence-corrected chi connectivity index (χ2v) is 9.77. The van der Waals surface area contributed by atoms with Gasteiger partial charge >= 0.3 is 0 Å². The largest absolute Gasteiger partial charge is 0.290 e. The summed E-state index contributed by atoms with van der Waals surface area (Å²) in [6, 6.07) is 28.2. The summed E-state index contributed by atoms with van der Waals surface area (Å²) in [6.07, 6.45) is 0. The highest BCUT2D eigenvalue weighted by molar-refractivity contribution is 5.87. The zero-order valence-electron chi connectivity index (χ0n) is 17.6. The Morgan fingerprint density at radius 2 is 1.00 bits per heavy atom. The first-order valence-electron chi connectivity index (χ1n) is 10.7. The molecular formula is C29H24O. The van der Waals surface area contributed by atoms with Crippen molar-refractivity contribution in [3.63, 3.8) is 0 Å². The van der Waals surface area contributed by atoms with E-state index in [4.69, 9.17) is 0 Å². The van der Waals surface area contributed by atoms with Crippen LogP contribution in [0.2, 0.25) is 0 Å². The van der Waals surface area contributed by atoms with Crippen molar-refractivity contribution in [3.8, 4) is 0 Å². The molecule has 30 heavy (non-hydrogen) atoms. The van der Waals surface area contributed by atoms with Crippen LogP contribution >= 0.6 is 0 Å². The molecule has 4 aromatic carbocycles. The molecule has 146 valence electrons. The minimum atomic E-state index is -0.0702. The van der Waals surface area contributed by atoms with E-state index >= 15 is 0 Å². The van der Waals surface area contributed by atoms with Gasteiger partial charge in [0.1, 0.15) is 0 Å². The molecule has 7 rings (SSSR count). The fraction of sp³-hybridized carbons (Fsp3) is 0.207. The van der Waals surface area contributed by atoms with Crippen molar-refractivity contribution in [1.29, 1.82) is 0 Å². The van der Waals surface area contributed by atoms with E-state index in [0.717, 1.165) is 16.3 Å². The molecule has 0 radical (unpaired) electrons. The van der Waals surface area contributed by atoms with Gasteiger partial charge in [-0.3, -0.25) is 4.79 Å². The molecule has 0 saturated heterocycles. The van der Waals surface area contributed by atoms with E-state index in [-0.39, 0.29) is 22.7 Å². The molecule has 1 nitrogen and oxygen atoms in total. The van der Waals surface area contributed by atoms with Crippen molar-refractivity contribution in [1.82, 2.24) is 0 Å². The van der Waals surface area contributed by atoms with Crippen LogP contribution in [0.15, 0.2) is 83.7 Å². The topological polar surface area (TPSA) is 17.1 Å². The molecule has 2 bridgehead atoms. The Bertz CT molecular complexity index is 1360. The average molecular weight is 389 g/mol. The number of fused-ring (bicyclic) bond motifs is 1. The second kappa shape index (κ2) is 5.92. The summed E-state index contributed by atoms with van der Waals surface area (Å²) in [5.41, 5.74) is 9.51. The predicted octanol–water partition coefficient (Wildman–Crippen LogP) is 6.48. The van der Waals surface area contributed by atoms with E-state index in [2.05, 4.69) is 87.5 Å². The summed E-state index contributed by atoms with van der Waals surface area (Å²) in [4.78, 5) is 12.7. The molecule has 4 aromatic rings. The number of hydrogen-bond acceptors (Lipinski definition) is 1. The van der Waals surface area contributed by atoms with Crippen molar-refractivity contribution in [2.75, 3.05) is 0 Å². The van der Waals surface area contributed by atoms with Crippen LogP contribution in [-0.4, -0.2) is 0 Å². The van der Waals surface area contributed by atoms with E-state index in [9.17, 15) is 4.79 Å². The molecule has 3 aliphatic carbocycles. The van der Waals surface area contributed by atoms with E-state index in [1.807, 2.05) is 6.07 Å². The standard InChI is InChI=1S/C29H24O/c1-29(2,3)19-12-17-14-25-26(15-18(17)13-20(30)16-19)28-23-10-6-4-8-21(23)27(25)22-9-5-7-11-24(22)28/h4-16,27-28H,1-3H3. The Morgan fingerprint density at radius 3 is 1.43 bits per heavy atom. The molecule has 1 heteroatoms. The smallest absolute Gasteiger partial charge is 0.179 e. The van der Waals surface area contributed by atoms with Crippen LogP contribution in [0.25, 0.3) is 10.8 Å². The van der Waals surface area contributed by atoms with Gasteiger partial charge in [0.2, 0.25) is 0 Å². The van der Waals surface area contributed by atoms with Gasteiger partial charge in [0.25, 0.3) is 0 Å². The summed E-state index contributed by atoms with van der Waals surface area (Å²) in [5.74, 6) is 0.502. The zero-order chi connectivity index (χ0) is 20.6. The molecule has 0 saturated carbocycles. The lowest BCUT2D eigenvalue weighted by Gasteiger charge is -2.42. The Labute approximate surface area is 177 Å². The molecule has 0 unspecified atom stereocenters. The molecule has 0 heterocycles. The predicted molar refractivity (Wildman–Crippen MR) is 124 cm³/mol. The third kappa shape index (κ3) is 2.38. The summed E-state index contributed by atoms with van der Waals surface area (Å²) in [5, 5.41) is 2.19. The van der Waals surface area contributed by atoms with E-state index in [1.54, 1.807) is 6.07 Å². The summed E-state index contributed by atoms with van der Waals surface area (Å²) in [7, 11) is 0. The van der Waals surface area contributed by atoms with Crippen molar-refractivity contribution in [2.24, 2.45) is 0 Å². The van der Waals surface area contributed by atoms with Crippen molar-refractivity contribution >= 4 is 10.8 Å². The first-order chi connectivity index (χ1) is 14.4. The SMILES string of the molecule is CC(C)(C)c1cc(=O)cc2cc3c(cc2c1)C1c2ccccc2C3c2ccccc21. The van der Waals surface area contributed by atoms with Gasteiger partial charge < -0.3 is 0 Å². The lowest BCUT2D eigenvalue weighted by atomic mass is 9.61. The van der Waals surface area contributed by atoms with Crippen LogP contribution in [-0.2, 0) is 5.41 Å². The molecule has 0 amide bonds. The van der Waals surface area contributed by atoms with E-state index < -0.39 is 0 Å². The molecule has 0 spiro atoms. The number of benzene rings is 3. The maximum Gasteiger partial charge on any atom is 0.179 e. The Balaban J connectivity index is 1.71. The van der Waals surface area contributed by atoms with Crippen molar-refractivity contribution < 1.29 is 0 Å². The van der Waals surface area contributed by atoms with Gasteiger partial charge in [0.15, 0.2) is 5.43 Å². The molecule has 0 aromatic heterocycles. The second-order valence-electron chi connectivity index (χ2n) is 9.77. The number of rotatable bonds is 0. The highest BCUT2D eigenvalue weighted by Crippen LogP contribution is 2.56. The van der Waals surface area contributed by atoms with Crippen LogP contribution in [0.4, 0.5) is 0 Å². The van der Waals surface area contributed by atoms with Crippen LogP contribution < -0.4 is 5.43 Å². The van der Waals surface area contributed by atoms with E-state index in [1.165, 1.54) is 33.4 Å². The maximum absolute atomic E-state index is 12.7. The lowest BCUT2D eigenvalue weighted by molar-refractivity contribution is 0.591. The van der Waals surface area contributed by atoms with Gasteiger partial charge in [0, 0.05) is 11.8 Å². The molecule has 0 fully saturated rings. The fourth-order valence-electron chi connectivity index (χ4n) is 5.49. The summed E-state index contributed by atoms with van der Waals surface area (Å²) >= 11 is 0. The Morgan fingerprint density at radius 1 is 0.567 bits per heavy atom. The van der Waals surface area contributed by atoms with Crippen LogP contribution in [0.1, 0.15) is 71.6 Å². The van der Waals surface area contributed by atoms with Crippen molar-refractivity contribution in [3.05, 3.63) is 128 Å². The third-order valence-electron chi connectivity index (χ3n) is 6.92. The van der Waals surface area contributed by atoms with Crippen LogP contribution in [0.5, 0.6) is 0 Å². The van der Waals surface area contributed by atoms with Gasteiger partial charge in [0.05, 0.1) is 0 Å². The van der Waals surface area contributed by atoms with Gasteiger partial charge in [-0.1, -0.05) is 75.4 Å². The Hall–Kier alpha value is -3.19. The summed E-state index contributed by atoms with van der Waals surface area (Å²) in [6.45, 7) is 6.50. The molecular weight excluding hydrogens is 364 g/mol. The van der Waals surface area contributed by atoms with E-state index in [0.29, 0.717) is 0 Å². The molecule has 3 aliphatic rings. The first kappa shape index (κ1) is 17.7. The number of hydrogen-bond donors (Lipinski definition) is 0. The zero-order valence-corrected chi connectivity index (χ0v) is 17.6. The average Bonchev–Trinajstić information content (AvgIpc) is 2.89. The van der Waals surface area contributed by atoms with Crippen molar-refractivity contribution in [2.45, 2.75) is 38.0 Å². The van der Waals surface area contributed by atoms with Gasteiger partial charge in [-0.2, -0.15) is 0 Å².